The van der Waals surface area contributed by atoms with Crippen molar-refractivity contribution in [2.45, 2.75) is 6.92 Å². The number of aromatic amines is 1. The second kappa shape index (κ2) is 4.98. The number of methoxy groups -OCH3 is 1. The third-order valence-corrected chi connectivity index (χ3v) is 2.88. The number of benzene rings is 1. The molecule has 4 nitrogen and oxygen atoms in total. The van der Waals surface area contributed by atoms with E-state index >= 15 is 0 Å². The molecule has 0 aliphatic rings. The smallest absolute Gasteiger partial charge is 0.148 e. The van der Waals surface area contributed by atoms with E-state index in [1.54, 1.807) is 7.11 Å². The summed E-state index contributed by atoms with van der Waals surface area (Å²) in [5, 5.41) is 8.94. The third kappa shape index (κ3) is 2.24. The highest BCUT2D eigenvalue weighted by molar-refractivity contribution is 7.71. The lowest BCUT2D eigenvalue weighted by Gasteiger charge is -2.05. The topological polar surface area (TPSA) is 61.7 Å². The summed E-state index contributed by atoms with van der Waals surface area (Å²) in [6.45, 7) is 1.81. The molecule has 2 rings (SSSR count). The lowest BCUT2D eigenvalue weighted by atomic mass is 10.2. The van der Waals surface area contributed by atoms with Crippen molar-refractivity contribution in [2.24, 2.45) is 0 Å². The van der Waals surface area contributed by atoms with Crippen LogP contribution >= 0.6 is 12.2 Å². The molecule has 0 spiro atoms. The monoisotopic (exact) mass is 257 g/mol. The molecule has 0 radical (unpaired) electrons. The molecule has 0 atom stereocenters. The van der Waals surface area contributed by atoms with Gasteiger partial charge in [-0.05, 0) is 31.2 Å². The summed E-state index contributed by atoms with van der Waals surface area (Å²) in [5.41, 5.74) is 2.04. The highest BCUT2D eigenvalue weighted by atomic mass is 32.1. The average molecular weight is 257 g/mol. The van der Waals surface area contributed by atoms with Gasteiger partial charge in [-0.15, -0.1) is 0 Å². The van der Waals surface area contributed by atoms with Gasteiger partial charge in [-0.25, -0.2) is 4.98 Å². The van der Waals surface area contributed by atoms with Crippen LogP contribution in [0.25, 0.3) is 11.4 Å². The summed E-state index contributed by atoms with van der Waals surface area (Å²) in [6, 6.07) is 9.51. The van der Waals surface area contributed by atoms with Crippen LogP contribution in [0.3, 0.4) is 0 Å². The summed E-state index contributed by atoms with van der Waals surface area (Å²) in [4.78, 5) is 7.31. The highest BCUT2D eigenvalue weighted by Crippen LogP contribution is 2.20. The lowest BCUT2D eigenvalue weighted by molar-refractivity contribution is 0.415. The molecule has 0 amide bonds. The molecule has 18 heavy (non-hydrogen) atoms. The van der Waals surface area contributed by atoms with Gasteiger partial charge in [0.1, 0.15) is 27.8 Å². The van der Waals surface area contributed by atoms with Crippen LogP contribution in [0.4, 0.5) is 0 Å². The molecule has 0 saturated carbocycles. The number of hydrogen-bond acceptors (Lipinski definition) is 4. The molecule has 1 aromatic heterocycles. The number of nitrogens with one attached hydrogen (secondary N) is 1. The first kappa shape index (κ1) is 12.3. The Kier molecular flexibility index (Phi) is 3.40. The molecule has 0 saturated heterocycles. The quantitative estimate of drug-likeness (QED) is 0.840. The van der Waals surface area contributed by atoms with Crippen LogP contribution in [0, 0.1) is 22.9 Å². The van der Waals surface area contributed by atoms with E-state index in [0.29, 0.717) is 16.0 Å². The largest absolute Gasteiger partial charge is 0.497 e. The van der Waals surface area contributed by atoms with Crippen LogP contribution in [0.1, 0.15) is 11.3 Å². The Labute approximate surface area is 110 Å². The van der Waals surface area contributed by atoms with Crippen LogP contribution in [0.5, 0.6) is 5.75 Å². The fourth-order valence-electron chi connectivity index (χ4n) is 1.60. The van der Waals surface area contributed by atoms with Crippen LogP contribution in [0.2, 0.25) is 0 Å². The molecule has 0 aliphatic carbocycles. The van der Waals surface area contributed by atoms with Crippen LogP contribution < -0.4 is 4.74 Å². The summed E-state index contributed by atoms with van der Waals surface area (Å²) >= 11 is 5.10. The van der Waals surface area contributed by atoms with Crippen molar-refractivity contribution in [1.82, 2.24) is 9.97 Å². The van der Waals surface area contributed by atoms with Gasteiger partial charge in [0.05, 0.1) is 7.11 Å². The van der Waals surface area contributed by atoms with E-state index in [0.717, 1.165) is 17.0 Å². The molecular weight excluding hydrogens is 246 g/mol. The molecule has 1 aromatic carbocycles. The van der Waals surface area contributed by atoms with E-state index in [9.17, 15) is 0 Å². The number of nitrogens with zero attached hydrogens (tertiary/aromatic N) is 2. The van der Waals surface area contributed by atoms with Gasteiger partial charge in [0, 0.05) is 11.3 Å². The first-order valence-electron chi connectivity index (χ1n) is 5.31. The normalized spacial score (nSPS) is 9.83. The minimum atomic E-state index is 0.319. The van der Waals surface area contributed by atoms with Gasteiger partial charge < -0.3 is 9.72 Å². The first-order chi connectivity index (χ1) is 8.65. The molecule has 1 heterocycles. The van der Waals surface area contributed by atoms with Crippen molar-refractivity contribution >= 4 is 12.2 Å². The number of nitriles is 1. The Bertz CT molecular complexity index is 668. The summed E-state index contributed by atoms with van der Waals surface area (Å²) in [7, 11) is 1.62. The molecule has 0 bridgehead atoms. The van der Waals surface area contributed by atoms with Crippen molar-refractivity contribution in [2.75, 3.05) is 7.11 Å². The SMILES string of the molecule is COc1ccc(-c2nc(=S)c(C#N)c(C)[nH]2)cc1. The van der Waals surface area contributed by atoms with Gasteiger partial charge in [0.2, 0.25) is 0 Å². The van der Waals surface area contributed by atoms with Crippen molar-refractivity contribution in [3.8, 4) is 23.2 Å². The Balaban J connectivity index is 2.52. The third-order valence-electron chi connectivity index (χ3n) is 2.58. The number of H-pyrrole nitrogens is 1. The highest BCUT2D eigenvalue weighted by Gasteiger charge is 2.06. The Morgan fingerprint density at radius 1 is 1.33 bits per heavy atom. The predicted molar refractivity (Wildman–Crippen MR) is 70.9 cm³/mol. The Morgan fingerprint density at radius 2 is 2.00 bits per heavy atom. The maximum atomic E-state index is 8.94. The number of rotatable bonds is 2. The van der Waals surface area contributed by atoms with Crippen LogP contribution in [0.15, 0.2) is 24.3 Å². The molecule has 5 heteroatoms. The molecule has 1 N–H and O–H groups in total. The van der Waals surface area contributed by atoms with Crippen molar-refractivity contribution in [1.29, 1.82) is 5.26 Å². The molecule has 90 valence electrons. The molecule has 2 aromatic rings. The minimum absolute atomic E-state index is 0.319. The number of ether oxygens (including phenoxy) is 1. The van der Waals surface area contributed by atoms with Gasteiger partial charge >= 0.3 is 0 Å². The zero-order valence-corrected chi connectivity index (χ0v) is 10.8. The van der Waals surface area contributed by atoms with E-state index in [2.05, 4.69) is 9.97 Å². The van der Waals surface area contributed by atoms with Gasteiger partial charge in [0.15, 0.2) is 0 Å². The molecular formula is C13H11N3OS. The standard InChI is InChI=1S/C13H11N3OS/c1-8-11(7-14)13(18)16-12(15-8)9-3-5-10(17-2)6-4-9/h3-6H,1-2H3,(H,15,16,18). The zero-order valence-electron chi connectivity index (χ0n) is 10.0. The molecule has 0 aliphatic heterocycles. The molecule has 0 fully saturated rings. The molecule has 0 unspecified atom stereocenters. The van der Waals surface area contributed by atoms with Crippen LogP contribution in [-0.2, 0) is 0 Å². The van der Waals surface area contributed by atoms with Gasteiger partial charge in [0.25, 0.3) is 0 Å². The number of aryl methyl sites for hydroxylation is 1. The van der Waals surface area contributed by atoms with Gasteiger partial charge in [-0.1, -0.05) is 12.2 Å². The van der Waals surface area contributed by atoms with Crippen molar-refractivity contribution in [3.63, 3.8) is 0 Å². The first-order valence-corrected chi connectivity index (χ1v) is 5.72. The van der Waals surface area contributed by atoms with Crippen molar-refractivity contribution < 1.29 is 4.74 Å². The maximum Gasteiger partial charge on any atom is 0.148 e. The predicted octanol–water partition coefficient (Wildman–Crippen LogP) is 2.99. The van der Waals surface area contributed by atoms with Gasteiger partial charge in [-0.3, -0.25) is 0 Å². The number of hydrogen-bond donors (Lipinski definition) is 1. The zero-order chi connectivity index (χ0) is 13.1. The Hall–Kier alpha value is -2.19. The van der Waals surface area contributed by atoms with Crippen LogP contribution in [-0.4, -0.2) is 17.1 Å². The fraction of sp³-hybridized carbons (Fsp3) is 0.154. The van der Waals surface area contributed by atoms with E-state index in [1.165, 1.54) is 0 Å². The van der Waals surface area contributed by atoms with E-state index in [4.69, 9.17) is 22.2 Å². The van der Waals surface area contributed by atoms with E-state index in [-0.39, 0.29) is 0 Å². The maximum absolute atomic E-state index is 8.94. The lowest BCUT2D eigenvalue weighted by Crippen LogP contribution is -1.97. The number of aromatic nitrogens is 2. The van der Waals surface area contributed by atoms with Crippen molar-refractivity contribution in [3.05, 3.63) is 40.2 Å². The second-order valence-electron chi connectivity index (χ2n) is 3.73. The van der Waals surface area contributed by atoms with E-state index < -0.39 is 0 Å². The Morgan fingerprint density at radius 3 is 2.50 bits per heavy atom. The van der Waals surface area contributed by atoms with E-state index in [1.807, 2.05) is 37.3 Å². The summed E-state index contributed by atoms with van der Waals surface area (Å²) in [5.74, 6) is 1.43. The second-order valence-corrected chi connectivity index (χ2v) is 4.12. The van der Waals surface area contributed by atoms with Gasteiger partial charge in [-0.2, -0.15) is 5.26 Å². The summed E-state index contributed by atoms with van der Waals surface area (Å²) in [6.07, 6.45) is 0. The summed E-state index contributed by atoms with van der Waals surface area (Å²) < 4.78 is 5.41. The average Bonchev–Trinajstić information content (AvgIpc) is 2.38. The fourth-order valence-corrected chi connectivity index (χ4v) is 1.89. The minimum Gasteiger partial charge on any atom is -0.497 e.